The van der Waals surface area contributed by atoms with E-state index in [2.05, 4.69) is 0 Å². The van der Waals surface area contributed by atoms with Crippen LogP contribution in [0.5, 0.6) is 11.5 Å². The first-order chi connectivity index (χ1) is 15.4. The zero-order valence-corrected chi connectivity index (χ0v) is 17.7. The lowest BCUT2D eigenvalue weighted by molar-refractivity contribution is -0.385. The van der Waals surface area contributed by atoms with Gasteiger partial charge in [-0.1, -0.05) is 12.1 Å². The molecule has 0 radical (unpaired) electrons. The van der Waals surface area contributed by atoms with Gasteiger partial charge in [-0.3, -0.25) is 19.7 Å². The van der Waals surface area contributed by atoms with E-state index in [9.17, 15) is 19.7 Å². The highest BCUT2D eigenvalue weighted by Crippen LogP contribution is 2.50. The molecule has 2 atom stereocenters. The maximum atomic E-state index is 13.0. The lowest BCUT2D eigenvalue weighted by atomic mass is 10.0. The van der Waals surface area contributed by atoms with Crippen molar-refractivity contribution in [2.45, 2.75) is 19.3 Å². The third-order valence-electron chi connectivity index (χ3n) is 6.54. The second-order valence-corrected chi connectivity index (χ2v) is 8.39. The van der Waals surface area contributed by atoms with Crippen LogP contribution >= 0.6 is 0 Å². The number of carbonyl (C=O) groups excluding carboxylic acids is 2. The summed E-state index contributed by atoms with van der Waals surface area (Å²) in [5.74, 6) is 1.48. The van der Waals surface area contributed by atoms with Crippen LogP contribution in [0.25, 0.3) is 0 Å². The van der Waals surface area contributed by atoms with Crippen molar-refractivity contribution in [1.82, 2.24) is 9.80 Å². The summed E-state index contributed by atoms with van der Waals surface area (Å²) in [6.45, 7) is 3.56. The molecule has 0 bridgehead atoms. The number of nitrogens with zero attached hydrogens (tertiary/aromatic N) is 3. The predicted molar refractivity (Wildman–Crippen MR) is 114 cm³/mol. The van der Waals surface area contributed by atoms with E-state index in [4.69, 9.17) is 9.47 Å². The summed E-state index contributed by atoms with van der Waals surface area (Å²) in [4.78, 5) is 40.1. The van der Waals surface area contributed by atoms with Crippen LogP contribution in [0.1, 0.15) is 33.8 Å². The molecular weight excluding hydrogens is 414 g/mol. The molecule has 166 valence electrons. The zero-order chi connectivity index (χ0) is 22.4. The highest BCUT2D eigenvalue weighted by Gasteiger charge is 2.46. The number of hydrogen-bond acceptors (Lipinski definition) is 6. The fourth-order valence-corrected chi connectivity index (χ4v) is 4.57. The smallest absolute Gasteiger partial charge is 0.273 e. The van der Waals surface area contributed by atoms with Gasteiger partial charge in [-0.15, -0.1) is 0 Å². The second-order valence-electron chi connectivity index (χ2n) is 8.39. The summed E-state index contributed by atoms with van der Waals surface area (Å²) in [7, 11) is 0. The molecule has 2 aromatic rings. The van der Waals surface area contributed by atoms with E-state index in [1.165, 1.54) is 12.1 Å². The van der Waals surface area contributed by atoms with Crippen molar-refractivity contribution in [3.05, 3.63) is 63.2 Å². The van der Waals surface area contributed by atoms with Gasteiger partial charge in [0.25, 0.3) is 11.6 Å². The number of hydrogen-bond donors (Lipinski definition) is 0. The topological polar surface area (TPSA) is 102 Å². The minimum absolute atomic E-state index is 0.0448. The Hall–Kier alpha value is -3.62. The maximum absolute atomic E-state index is 13.0. The minimum Gasteiger partial charge on any atom is -0.454 e. The zero-order valence-electron chi connectivity index (χ0n) is 17.7. The van der Waals surface area contributed by atoms with Crippen molar-refractivity contribution >= 4 is 17.5 Å². The highest BCUT2D eigenvalue weighted by molar-refractivity contribution is 5.96. The number of piperazine rings is 1. The van der Waals surface area contributed by atoms with Crippen molar-refractivity contribution in [2.24, 2.45) is 5.92 Å². The van der Waals surface area contributed by atoms with E-state index in [1.807, 2.05) is 23.1 Å². The Bertz CT molecular complexity index is 1110. The Labute approximate surface area is 184 Å². The Morgan fingerprint density at radius 1 is 1.03 bits per heavy atom. The largest absolute Gasteiger partial charge is 0.454 e. The summed E-state index contributed by atoms with van der Waals surface area (Å²) in [6.07, 6.45) is 0.810. The van der Waals surface area contributed by atoms with Crippen molar-refractivity contribution in [3.8, 4) is 11.5 Å². The van der Waals surface area contributed by atoms with Crippen LogP contribution in [0.15, 0.2) is 36.4 Å². The number of carbonyl (C=O) groups is 2. The molecule has 2 amide bonds. The average molecular weight is 437 g/mol. The van der Waals surface area contributed by atoms with Gasteiger partial charge in [0, 0.05) is 49.3 Å². The highest BCUT2D eigenvalue weighted by atomic mass is 16.7. The van der Waals surface area contributed by atoms with Gasteiger partial charge in [-0.05, 0) is 43.0 Å². The number of amides is 2. The molecule has 0 N–H and O–H groups in total. The van der Waals surface area contributed by atoms with E-state index in [0.717, 1.165) is 23.5 Å². The molecule has 5 rings (SSSR count). The van der Waals surface area contributed by atoms with Crippen molar-refractivity contribution in [3.63, 3.8) is 0 Å². The molecule has 1 saturated carbocycles. The fourth-order valence-electron chi connectivity index (χ4n) is 4.57. The quantitative estimate of drug-likeness (QED) is 0.538. The molecule has 2 aliphatic heterocycles. The van der Waals surface area contributed by atoms with E-state index < -0.39 is 4.92 Å². The van der Waals surface area contributed by atoms with Gasteiger partial charge in [0.2, 0.25) is 12.7 Å². The normalized spacial score (nSPS) is 21.4. The summed E-state index contributed by atoms with van der Waals surface area (Å²) < 4.78 is 10.8. The van der Waals surface area contributed by atoms with Crippen LogP contribution in [0.4, 0.5) is 5.69 Å². The molecular formula is C23H23N3O6. The standard InChI is InChI=1S/C23H23N3O6/c1-14-16(3-2-4-19(14)26(29)30)22(27)24-7-9-25(10-8-24)23(28)18-12-17(18)15-5-6-20-21(11-15)32-13-31-20/h2-6,11,17-18H,7-10,12-13H2,1H3. The van der Waals surface area contributed by atoms with E-state index in [1.54, 1.807) is 17.9 Å². The van der Waals surface area contributed by atoms with Crippen LogP contribution in [0, 0.1) is 23.0 Å². The van der Waals surface area contributed by atoms with Crippen LogP contribution in [0.2, 0.25) is 0 Å². The van der Waals surface area contributed by atoms with Gasteiger partial charge >= 0.3 is 0 Å². The molecule has 1 aliphatic carbocycles. The Balaban J connectivity index is 1.19. The van der Waals surface area contributed by atoms with E-state index in [0.29, 0.717) is 37.3 Å². The lowest BCUT2D eigenvalue weighted by Crippen LogP contribution is -2.51. The van der Waals surface area contributed by atoms with Crippen molar-refractivity contribution in [2.75, 3.05) is 33.0 Å². The second kappa shape index (κ2) is 7.81. The van der Waals surface area contributed by atoms with Gasteiger partial charge in [0.05, 0.1) is 4.92 Å². The number of ether oxygens (including phenoxy) is 2. The molecule has 2 unspecified atom stereocenters. The summed E-state index contributed by atoms with van der Waals surface area (Å²) in [5, 5.41) is 11.2. The van der Waals surface area contributed by atoms with Gasteiger partial charge in [-0.25, -0.2) is 0 Å². The maximum Gasteiger partial charge on any atom is 0.273 e. The third kappa shape index (κ3) is 3.53. The summed E-state index contributed by atoms with van der Waals surface area (Å²) >= 11 is 0. The average Bonchev–Trinajstić information content (AvgIpc) is 3.47. The first-order valence-corrected chi connectivity index (χ1v) is 10.7. The van der Waals surface area contributed by atoms with Crippen LogP contribution in [0.3, 0.4) is 0 Å². The molecule has 2 heterocycles. The fraction of sp³-hybridized carbons (Fsp3) is 0.391. The van der Waals surface area contributed by atoms with Crippen LogP contribution < -0.4 is 9.47 Å². The number of nitro groups is 1. The minimum atomic E-state index is -0.477. The SMILES string of the molecule is Cc1c(C(=O)N2CCN(C(=O)C3CC3c3ccc4c(c3)OCO4)CC2)cccc1[N+](=O)[O-]. The van der Waals surface area contributed by atoms with Gasteiger partial charge in [-0.2, -0.15) is 0 Å². The number of fused-ring (bicyclic) bond motifs is 1. The lowest BCUT2D eigenvalue weighted by Gasteiger charge is -2.35. The van der Waals surface area contributed by atoms with Crippen LogP contribution in [-0.4, -0.2) is 59.5 Å². The molecule has 9 heteroatoms. The molecule has 0 spiro atoms. The first kappa shape index (κ1) is 20.3. The molecule has 1 saturated heterocycles. The van der Waals surface area contributed by atoms with Crippen molar-refractivity contribution in [1.29, 1.82) is 0 Å². The Morgan fingerprint density at radius 3 is 2.50 bits per heavy atom. The molecule has 2 aromatic carbocycles. The monoisotopic (exact) mass is 437 g/mol. The number of nitro benzene ring substituents is 1. The van der Waals surface area contributed by atoms with Gasteiger partial charge in [0.15, 0.2) is 11.5 Å². The predicted octanol–water partition coefficient (Wildman–Crippen LogP) is 2.72. The summed E-state index contributed by atoms with van der Waals surface area (Å²) in [6, 6.07) is 10.4. The Morgan fingerprint density at radius 2 is 1.75 bits per heavy atom. The first-order valence-electron chi connectivity index (χ1n) is 10.7. The van der Waals surface area contributed by atoms with Crippen LogP contribution in [-0.2, 0) is 4.79 Å². The number of benzene rings is 2. The molecule has 3 aliphatic rings. The van der Waals surface area contributed by atoms with E-state index in [-0.39, 0.29) is 36.1 Å². The Kier molecular flexibility index (Phi) is 4.96. The van der Waals surface area contributed by atoms with Gasteiger partial charge in [0.1, 0.15) is 0 Å². The third-order valence-corrected chi connectivity index (χ3v) is 6.54. The van der Waals surface area contributed by atoms with Gasteiger partial charge < -0.3 is 19.3 Å². The van der Waals surface area contributed by atoms with Crippen molar-refractivity contribution < 1.29 is 24.0 Å². The number of rotatable bonds is 4. The molecule has 2 fully saturated rings. The molecule has 0 aromatic heterocycles. The molecule has 9 nitrogen and oxygen atoms in total. The summed E-state index contributed by atoms with van der Waals surface area (Å²) in [5.41, 5.74) is 1.73. The molecule has 32 heavy (non-hydrogen) atoms. The van der Waals surface area contributed by atoms with E-state index >= 15 is 0 Å².